The van der Waals surface area contributed by atoms with Gasteiger partial charge in [0.15, 0.2) is 0 Å². The largest absolute Gasteiger partial charge is 0.346 e. The topological polar surface area (TPSA) is 113 Å². The minimum atomic E-state index is -3.69. The Kier molecular flexibility index (Phi) is 5.67. The first-order valence-electron chi connectivity index (χ1n) is 11.0. The molecule has 3 amide bonds. The summed E-state index contributed by atoms with van der Waals surface area (Å²) in [5.74, 6) is -2.05. The molecule has 4 aliphatic rings. The van der Waals surface area contributed by atoms with Crippen LogP contribution < -0.4 is 10.0 Å². The summed E-state index contributed by atoms with van der Waals surface area (Å²) >= 11 is 0. The van der Waals surface area contributed by atoms with E-state index in [4.69, 9.17) is 0 Å². The number of allylic oxidation sites excluding steroid dienone is 1. The van der Waals surface area contributed by atoms with Gasteiger partial charge < -0.3 is 10.2 Å². The van der Waals surface area contributed by atoms with Crippen molar-refractivity contribution in [2.24, 2.45) is 17.8 Å². The van der Waals surface area contributed by atoms with E-state index in [1.807, 2.05) is 12.2 Å². The van der Waals surface area contributed by atoms with Crippen molar-refractivity contribution in [2.75, 3.05) is 13.6 Å². The van der Waals surface area contributed by atoms with Crippen LogP contribution in [0, 0.1) is 17.8 Å². The van der Waals surface area contributed by atoms with Crippen molar-refractivity contribution < 1.29 is 22.8 Å². The molecular formula is C21H31N3O5S. The van der Waals surface area contributed by atoms with Crippen LogP contribution in [0.3, 0.4) is 0 Å². The van der Waals surface area contributed by atoms with Crippen LogP contribution in [-0.2, 0) is 24.4 Å². The van der Waals surface area contributed by atoms with Crippen LogP contribution in [0.25, 0.3) is 0 Å². The third kappa shape index (κ3) is 4.13. The van der Waals surface area contributed by atoms with Crippen molar-refractivity contribution in [3.05, 3.63) is 12.2 Å². The fraction of sp³-hybridized carbons (Fsp3) is 0.762. The van der Waals surface area contributed by atoms with Crippen molar-refractivity contribution in [2.45, 2.75) is 68.6 Å². The molecule has 4 atom stereocenters. The number of carbonyl (C=O) groups excluding carboxylic acids is 3. The third-order valence-electron chi connectivity index (χ3n) is 6.99. The van der Waals surface area contributed by atoms with Crippen LogP contribution in [0.1, 0.15) is 57.8 Å². The highest BCUT2D eigenvalue weighted by Crippen LogP contribution is 2.46. The summed E-state index contributed by atoms with van der Waals surface area (Å²) in [4.78, 5) is 40.7. The molecule has 1 aliphatic heterocycles. The highest BCUT2D eigenvalue weighted by Gasteiger charge is 2.61. The molecule has 0 aromatic carbocycles. The summed E-state index contributed by atoms with van der Waals surface area (Å²) in [5.41, 5.74) is -1.23. The molecule has 8 nitrogen and oxygen atoms in total. The zero-order chi connectivity index (χ0) is 21.5. The summed E-state index contributed by atoms with van der Waals surface area (Å²) in [6.07, 6.45) is 10.1. The van der Waals surface area contributed by atoms with Gasteiger partial charge >= 0.3 is 0 Å². The van der Waals surface area contributed by atoms with Crippen LogP contribution in [0.15, 0.2) is 12.2 Å². The lowest BCUT2D eigenvalue weighted by Gasteiger charge is -2.27. The van der Waals surface area contributed by atoms with Gasteiger partial charge in [0.1, 0.15) is 5.54 Å². The van der Waals surface area contributed by atoms with E-state index in [1.54, 1.807) is 11.9 Å². The molecule has 0 aromatic rings. The fourth-order valence-corrected chi connectivity index (χ4v) is 6.17. The van der Waals surface area contributed by atoms with Gasteiger partial charge in [-0.15, -0.1) is 0 Å². The van der Waals surface area contributed by atoms with E-state index in [9.17, 15) is 22.8 Å². The smallest absolute Gasteiger partial charge is 0.259 e. The van der Waals surface area contributed by atoms with Crippen molar-refractivity contribution in [3.8, 4) is 0 Å². The Morgan fingerprint density at radius 2 is 1.87 bits per heavy atom. The number of sulfonamides is 1. The molecule has 3 aliphatic carbocycles. The lowest BCUT2D eigenvalue weighted by Crippen LogP contribution is -2.54. The third-order valence-corrected chi connectivity index (χ3v) is 8.81. The molecular weight excluding hydrogens is 406 g/mol. The van der Waals surface area contributed by atoms with Gasteiger partial charge in [-0.25, -0.2) is 8.42 Å². The van der Waals surface area contributed by atoms with E-state index in [2.05, 4.69) is 10.0 Å². The van der Waals surface area contributed by atoms with Gasteiger partial charge in [0, 0.05) is 31.3 Å². The molecule has 2 N–H and O–H groups in total. The summed E-state index contributed by atoms with van der Waals surface area (Å²) in [6.45, 7) is 0.673. The van der Waals surface area contributed by atoms with Crippen LogP contribution >= 0.6 is 0 Å². The Morgan fingerprint density at radius 3 is 2.60 bits per heavy atom. The lowest BCUT2D eigenvalue weighted by molar-refractivity contribution is -0.140. The standard InChI is InChI=1S/C21H31N3O5S/c1-24-12-5-3-2-4-7-14-13-21(14,20(27)23-30(28,29)15-10-11-15)22-18(25)16-8-6-9-17(16)19(24)26/h4,7,14-17H,2-3,5-6,8-13H2,1H3,(H,22,25)(H,23,27)/b7-4-/t14?,16-,17?,21?/m1/s1. The second kappa shape index (κ2) is 7.98. The summed E-state index contributed by atoms with van der Waals surface area (Å²) in [7, 11) is -1.91. The Morgan fingerprint density at radius 1 is 1.13 bits per heavy atom. The predicted molar refractivity (Wildman–Crippen MR) is 111 cm³/mol. The SMILES string of the molecule is CN1CCCC/C=C\C2CC2(C(=O)NS(=O)(=O)C2CC2)NC(=O)[C@@H]2CCCC2C1=O. The molecule has 0 aromatic heterocycles. The van der Waals surface area contributed by atoms with Gasteiger partial charge in [-0.05, 0) is 51.4 Å². The van der Waals surface area contributed by atoms with Gasteiger partial charge in [-0.1, -0.05) is 18.6 Å². The molecule has 0 radical (unpaired) electrons. The van der Waals surface area contributed by atoms with E-state index in [1.165, 1.54) is 0 Å². The van der Waals surface area contributed by atoms with Crippen LogP contribution in [-0.4, -0.2) is 55.4 Å². The normalized spacial score (nSPS) is 36.2. The number of fused-ring (bicyclic) bond motifs is 2. The first kappa shape index (κ1) is 21.3. The Balaban J connectivity index is 1.57. The summed E-state index contributed by atoms with van der Waals surface area (Å²) in [5, 5.41) is 2.37. The number of hydrogen-bond donors (Lipinski definition) is 2. The number of amides is 3. The van der Waals surface area contributed by atoms with E-state index in [0.29, 0.717) is 38.6 Å². The number of nitrogens with one attached hydrogen (secondary N) is 2. The zero-order valence-electron chi connectivity index (χ0n) is 17.4. The van der Waals surface area contributed by atoms with E-state index in [0.717, 1.165) is 25.7 Å². The average molecular weight is 438 g/mol. The summed E-state index contributed by atoms with van der Waals surface area (Å²) in [6, 6.07) is 0. The molecule has 3 unspecified atom stereocenters. The Hall–Kier alpha value is -1.90. The Labute approximate surface area is 177 Å². The van der Waals surface area contributed by atoms with Crippen LogP contribution in [0.5, 0.6) is 0 Å². The lowest BCUT2D eigenvalue weighted by atomic mass is 9.93. The average Bonchev–Trinajstić information content (AvgIpc) is 3.60. The van der Waals surface area contributed by atoms with Crippen molar-refractivity contribution in [1.82, 2.24) is 14.9 Å². The van der Waals surface area contributed by atoms with E-state index in [-0.39, 0.29) is 23.7 Å². The van der Waals surface area contributed by atoms with Gasteiger partial charge in [0.25, 0.3) is 5.91 Å². The van der Waals surface area contributed by atoms with Crippen LogP contribution in [0.2, 0.25) is 0 Å². The summed E-state index contributed by atoms with van der Waals surface area (Å²) < 4.78 is 26.8. The molecule has 0 bridgehead atoms. The highest BCUT2D eigenvalue weighted by molar-refractivity contribution is 7.91. The number of carbonyl (C=O) groups is 3. The van der Waals surface area contributed by atoms with Crippen molar-refractivity contribution in [3.63, 3.8) is 0 Å². The monoisotopic (exact) mass is 437 g/mol. The fourth-order valence-electron chi connectivity index (χ4n) is 4.81. The molecule has 0 spiro atoms. The Bertz CT molecular complexity index is 866. The molecule has 3 saturated carbocycles. The minimum absolute atomic E-state index is 0.0117. The predicted octanol–water partition coefficient (Wildman–Crippen LogP) is 1.08. The second-order valence-electron chi connectivity index (χ2n) is 9.27. The van der Waals surface area contributed by atoms with E-state index < -0.39 is 32.6 Å². The minimum Gasteiger partial charge on any atom is -0.346 e. The van der Waals surface area contributed by atoms with Gasteiger partial charge in [0.05, 0.1) is 5.25 Å². The number of nitrogens with zero attached hydrogens (tertiary/aromatic N) is 1. The van der Waals surface area contributed by atoms with Gasteiger partial charge in [-0.2, -0.15) is 0 Å². The quantitative estimate of drug-likeness (QED) is 0.642. The molecule has 30 heavy (non-hydrogen) atoms. The molecule has 0 saturated heterocycles. The highest BCUT2D eigenvalue weighted by atomic mass is 32.2. The maximum atomic E-state index is 13.1. The second-order valence-corrected chi connectivity index (χ2v) is 11.2. The number of hydrogen-bond acceptors (Lipinski definition) is 5. The number of rotatable bonds is 3. The first-order chi connectivity index (χ1) is 14.2. The molecule has 166 valence electrons. The maximum absolute atomic E-state index is 13.1. The maximum Gasteiger partial charge on any atom is 0.259 e. The van der Waals surface area contributed by atoms with Crippen LogP contribution in [0.4, 0.5) is 0 Å². The molecule has 1 heterocycles. The van der Waals surface area contributed by atoms with Crippen molar-refractivity contribution in [1.29, 1.82) is 0 Å². The first-order valence-corrected chi connectivity index (χ1v) is 12.6. The van der Waals surface area contributed by atoms with Gasteiger partial charge in [0.2, 0.25) is 21.8 Å². The van der Waals surface area contributed by atoms with E-state index >= 15 is 0 Å². The van der Waals surface area contributed by atoms with Crippen molar-refractivity contribution >= 4 is 27.7 Å². The molecule has 4 rings (SSSR count). The molecule has 9 heteroatoms. The molecule has 3 fully saturated rings. The van der Waals surface area contributed by atoms with Gasteiger partial charge in [-0.3, -0.25) is 19.1 Å². The zero-order valence-corrected chi connectivity index (χ0v) is 18.2.